The Bertz CT molecular complexity index is 1620. The highest BCUT2D eigenvalue weighted by Gasteiger charge is 2.24. The van der Waals surface area contributed by atoms with Crippen molar-refractivity contribution >= 4 is 44.3 Å². The lowest BCUT2D eigenvalue weighted by Gasteiger charge is -2.10. The largest absolute Gasteiger partial charge is 0.383 e. The molecule has 184 valence electrons. The van der Waals surface area contributed by atoms with Gasteiger partial charge in [0.15, 0.2) is 11.0 Å². The molecule has 0 unspecified atom stereocenters. The maximum absolute atomic E-state index is 13.5. The third-order valence-electron chi connectivity index (χ3n) is 5.77. The third kappa shape index (κ3) is 4.67. The predicted octanol–water partition coefficient (Wildman–Crippen LogP) is 5.73. The zero-order chi connectivity index (χ0) is 25.1. The molecule has 0 bridgehead atoms. The fourth-order valence-corrected chi connectivity index (χ4v) is 6.61. The van der Waals surface area contributed by atoms with Gasteiger partial charge in [-0.25, -0.2) is 12.4 Å². The quantitative estimate of drug-likeness (QED) is 0.223. The van der Waals surface area contributed by atoms with Gasteiger partial charge in [-0.2, -0.15) is 0 Å². The standard InChI is InChI=1S/C26H23ClN4O3S2/c1-34-16-15-30-25(28-29-26(30)35-18-19-9-5-7-13-23(19)27)22-17-31(24-14-8-6-12-21(22)24)36(32,33)20-10-3-2-4-11-20/h2-14,17H,15-16,18H2,1H3. The van der Waals surface area contributed by atoms with Gasteiger partial charge in [-0.3, -0.25) is 4.57 Å². The maximum Gasteiger partial charge on any atom is 0.268 e. The molecule has 0 amide bonds. The number of thioether (sulfide) groups is 1. The molecule has 0 N–H and O–H groups in total. The number of aromatic nitrogens is 4. The normalized spacial score (nSPS) is 11.8. The Morgan fingerprint density at radius 1 is 0.944 bits per heavy atom. The van der Waals surface area contributed by atoms with Crippen molar-refractivity contribution in [3.63, 3.8) is 0 Å². The fraction of sp³-hybridized carbons (Fsp3) is 0.154. The summed E-state index contributed by atoms with van der Waals surface area (Å²) < 4.78 is 35.7. The molecule has 0 saturated carbocycles. The first-order chi connectivity index (χ1) is 17.5. The van der Waals surface area contributed by atoms with Crippen LogP contribution in [-0.2, 0) is 27.1 Å². The van der Waals surface area contributed by atoms with Gasteiger partial charge in [0, 0.05) is 35.0 Å². The summed E-state index contributed by atoms with van der Waals surface area (Å²) in [5, 5.41) is 11.1. The van der Waals surface area contributed by atoms with E-state index < -0.39 is 10.0 Å². The van der Waals surface area contributed by atoms with Crippen LogP contribution in [0.1, 0.15) is 5.56 Å². The second-order valence-corrected chi connectivity index (χ2v) is 11.2. The van der Waals surface area contributed by atoms with Crippen LogP contribution in [0.15, 0.2) is 95.1 Å². The summed E-state index contributed by atoms with van der Waals surface area (Å²) in [4.78, 5) is 0.217. The number of para-hydroxylation sites is 1. The number of hydrogen-bond donors (Lipinski definition) is 0. The van der Waals surface area contributed by atoms with E-state index in [-0.39, 0.29) is 4.90 Å². The van der Waals surface area contributed by atoms with Crippen LogP contribution >= 0.6 is 23.4 Å². The van der Waals surface area contributed by atoms with Crippen LogP contribution in [0.5, 0.6) is 0 Å². The van der Waals surface area contributed by atoms with E-state index in [9.17, 15) is 8.42 Å². The molecule has 0 radical (unpaired) electrons. The van der Waals surface area contributed by atoms with Crippen LogP contribution in [0.2, 0.25) is 5.02 Å². The summed E-state index contributed by atoms with van der Waals surface area (Å²) in [7, 11) is -2.17. The molecule has 3 aromatic carbocycles. The molecule has 36 heavy (non-hydrogen) atoms. The van der Waals surface area contributed by atoms with Crippen LogP contribution in [-0.4, -0.2) is 40.9 Å². The van der Waals surface area contributed by atoms with Crippen molar-refractivity contribution in [3.05, 3.63) is 95.6 Å². The van der Waals surface area contributed by atoms with Crippen LogP contribution < -0.4 is 0 Å². The number of benzene rings is 3. The average molecular weight is 539 g/mol. The molecule has 0 fully saturated rings. The number of rotatable bonds is 9. The Morgan fingerprint density at radius 3 is 2.44 bits per heavy atom. The average Bonchev–Trinajstić information content (AvgIpc) is 3.49. The number of ether oxygens (including phenoxy) is 1. The van der Waals surface area contributed by atoms with Crippen molar-refractivity contribution in [3.8, 4) is 11.4 Å². The molecule has 0 spiro atoms. The van der Waals surface area contributed by atoms with E-state index in [0.29, 0.717) is 46.0 Å². The predicted molar refractivity (Wildman–Crippen MR) is 143 cm³/mol. The van der Waals surface area contributed by atoms with E-state index in [1.807, 2.05) is 47.0 Å². The summed E-state index contributed by atoms with van der Waals surface area (Å²) in [6, 6.07) is 23.5. The van der Waals surface area contributed by atoms with Crippen LogP contribution in [0.4, 0.5) is 0 Å². The first-order valence-electron chi connectivity index (χ1n) is 11.2. The zero-order valence-electron chi connectivity index (χ0n) is 19.4. The maximum atomic E-state index is 13.5. The number of halogens is 1. The van der Waals surface area contributed by atoms with Crippen LogP contribution in [0.3, 0.4) is 0 Å². The molecular formula is C26H23ClN4O3S2. The number of fused-ring (bicyclic) bond motifs is 1. The van der Waals surface area contributed by atoms with E-state index in [2.05, 4.69) is 10.2 Å². The van der Waals surface area contributed by atoms with Crippen molar-refractivity contribution in [2.24, 2.45) is 0 Å². The van der Waals surface area contributed by atoms with Gasteiger partial charge in [-0.05, 0) is 29.8 Å². The highest BCUT2D eigenvalue weighted by molar-refractivity contribution is 7.98. The van der Waals surface area contributed by atoms with Crippen molar-refractivity contribution in [2.75, 3.05) is 13.7 Å². The molecule has 0 atom stereocenters. The van der Waals surface area contributed by atoms with Gasteiger partial charge in [0.05, 0.1) is 23.6 Å². The third-order valence-corrected chi connectivity index (χ3v) is 8.84. The Labute approximate surface area is 218 Å². The molecule has 0 aliphatic rings. The Hall–Kier alpha value is -3.11. The van der Waals surface area contributed by atoms with Gasteiger partial charge in [0.1, 0.15) is 0 Å². The minimum absolute atomic E-state index is 0.217. The van der Waals surface area contributed by atoms with Gasteiger partial charge in [-0.1, -0.05) is 78.0 Å². The van der Waals surface area contributed by atoms with E-state index in [1.165, 1.54) is 15.7 Å². The smallest absolute Gasteiger partial charge is 0.268 e. The van der Waals surface area contributed by atoms with Crippen molar-refractivity contribution in [1.82, 2.24) is 18.7 Å². The molecule has 5 aromatic rings. The fourth-order valence-electron chi connectivity index (χ4n) is 3.97. The van der Waals surface area contributed by atoms with Crippen LogP contribution in [0, 0.1) is 0 Å². The number of methoxy groups -OCH3 is 1. The van der Waals surface area contributed by atoms with Crippen molar-refractivity contribution < 1.29 is 13.2 Å². The summed E-state index contributed by atoms with van der Waals surface area (Å²) >= 11 is 7.86. The second kappa shape index (κ2) is 10.5. The van der Waals surface area contributed by atoms with Crippen molar-refractivity contribution in [2.45, 2.75) is 22.3 Å². The molecule has 0 aliphatic heterocycles. The molecule has 2 aromatic heterocycles. The zero-order valence-corrected chi connectivity index (χ0v) is 21.8. The molecule has 2 heterocycles. The molecular weight excluding hydrogens is 516 g/mol. The van der Waals surface area contributed by atoms with Gasteiger partial charge in [0.25, 0.3) is 10.0 Å². The van der Waals surface area contributed by atoms with Crippen molar-refractivity contribution in [1.29, 1.82) is 0 Å². The van der Waals surface area contributed by atoms with Gasteiger partial charge in [0.2, 0.25) is 0 Å². The lowest BCUT2D eigenvalue weighted by Crippen LogP contribution is -2.11. The van der Waals surface area contributed by atoms with E-state index in [4.69, 9.17) is 16.3 Å². The molecule has 0 saturated heterocycles. The highest BCUT2D eigenvalue weighted by Crippen LogP contribution is 2.34. The summed E-state index contributed by atoms with van der Waals surface area (Å²) in [5.41, 5.74) is 2.25. The number of hydrogen-bond acceptors (Lipinski definition) is 6. The van der Waals surface area contributed by atoms with Gasteiger partial charge in [-0.15, -0.1) is 10.2 Å². The van der Waals surface area contributed by atoms with E-state index in [1.54, 1.807) is 49.7 Å². The topological polar surface area (TPSA) is 79.0 Å². The second-order valence-electron chi connectivity index (χ2n) is 8.00. The first kappa shape index (κ1) is 24.6. The minimum atomic E-state index is -3.81. The summed E-state index contributed by atoms with van der Waals surface area (Å²) in [6.45, 7) is 0.959. The van der Waals surface area contributed by atoms with Crippen LogP contribution in [0.25, 0.3) is 22.3 Å². The Kier molecular flexibility index (Phi) is 7.15. The summed E-state index contributed by atoms with van der Waals surface area (Å²) in [6.07, 6.45) is 1.63. The van der Waals surface area contributed by atoms with Gasteiger partial charge >= 0.3 is 0 Å². The highest BCUT2D eigenvalue weighted by atomic mass is 35.5. The molecule has 7 nitrogen and oxygen atoms in total. The molecule has 5 rings (SSSR count). The SMILES string of the molecule is COCCn1c(SCc2ccccc2Cl)nnc1-c1cn(S(=O)(=O)c2ccccc2)c2ccccc12. The minimum Gasteiger partial charge on any atom is -0.383 e. The van der Waals surface area contributed by atoms with Gasteiger partial charge < -0.3 is 4.74 Å². The summed E-state index contributed by atoms with van der Waals surface area (Å²) in [5.74, 6) is 1.20. The Balaban J connectivity index is 1.60. The molecule has 0 aliphatic carbocycles. The molecule has 10 heteroatoms. The van der Waals surface area contributed by atoms with E-state index >= 15 is 0 Å². The Morgan fingerprint density at radius 2 is 1.67 bits per heavy atom. The first-order valence-corrected chi connectivity index (χ1v) is 14.0. The lowest BCUT2D eigenvalue weighted by atomic mass is 10.1. The number of nitrogens with zero attached hydrogens (tertiary/aromatic N) is 4. The monoisotopic (exact) mass is 538 g/mol. The van der Waals surface area contributed by atoms with E-state index in [0.717, 1.165) is 10.9 Å². The lowest BCUT2D eigenvalue weighted by molar-refractivity contribution is 0.185.